The van der Waals surface area contributed by atoms with Crippen LogP contribution in [-0.4, -0.2) is 43.4 Å². The van der Waals surface area contributed by atoms with E-state index in [1.54, 1.807) is 18.2 Å². The second kappa shape index (κ2) is 8.66. The van der Waals surface area contributed by atoms with Gasteiger partial charge in [-0.2, -0.15) is 0 Å². The average molecular weight is 437 g/mol. The van der Waals surface area contributed by atoms with Gasteiger partial charge in [-0.25, -0.2) is 4.57 Å². The number of aromatic nitrogens is 1. The molecule has 0 fully saturated rings. The van der Waals surface area contributed by atoms with Crippen LogP contribution in [0.5, 0.6) is 28.7 Å². The number of ether oxygens (including phenoxy) is 4. The third-order valence-corrected chi connectivity index (χ3v) is 4.62. The van der Waals surface area contributed by atoms with Crippen LogP contribution in [0.25, 0.3) is 22.5 Å². The molecule has 0 aliphatic carbocycles. The lowest BCUT2D eigenvalue weighted by molar-refractivity contribution is 0.276. The summed E-state index contributed by atoms with van der Waals surface area (Å²) in [5, 5.41) is 3.86. The van der Waals surface area contributed by atoms with Gasteiger partial charge in [0, 0.05) is 11.1 Å². The molecule has 0 unspecified atom stereocenters. The van der Waals surface area contributed by atoms with Crippen molar-refractivity contribution in [3.8, 4) is 51.2 Å². The Morgan fingerprint density at radius 1 is 0.833 bits per heavy atom. The van der Waals surface area contributed by atoms with Crippen LogP contribution < -0.4 is 23.5 Å². The van der Waals surface area contributed by atoms with Crippen LogP contribution in [0, 0.1) is 0 Å². The van der Waals surface area contributed by atoms with Crippen molar-refractivity contribution in [3.05, 3.63) is 36.5 Å². The molecule has 0 saturated heterocycles. The molecule has 2 N–H and O–H groups in total. The number of methoxy groups -OCH3 is 4. The molecule has 0 spiro atoms. The quantitative estimate of drug-likeness (QED) is 0.505. The fraction of sp³-hybridized carbons (Fsp3) is 0.211. The number of rotatable bonds is 8. The van der Waals surface area contributed by atoms with E-state index in [1.807, 2.05) is 0 Å². The zero-order valence-electron chi connectivity index (χ0n) is 16.6. The Morgan fingerprint density at radius 3 is 1.97 bits per heavy atom. The molecule has 0 aliphatic rings. The summed E-state index contributed by atoms with van der Waals surface area (Å²) in [7, 11) is 1.07. The molecular weight excluding hydrogens is 417 g/mol. The summed E-state index contributed by atoms with van der Waals surface area (Å²) in [4.78, 5) is 18.3. The van der Waals surface area contributed by atoms with Crippen molar-refractivity contribution in [2.45, 2.75) is 0 Å². The minimum absolute atomic E-state index is 0.125. The van der Waals surface area contributed by atoms with Crippen molar-refractivity contribution >= 4 is 7.82 Å². The van der Waals surface area contributed by atoms with Gasteiger partial charge in [0.15, 0.2) is 28.8 Å². The van der Waals surface area contributed by atoms with Crippen LogP contribution in [0.1, 0.15) is 0 Å². The van der Waals surface area contributed by atoms with E-state index >= 15 is 0 Å². The Morgan fingerprint density at radius 2 is 1.43 bits per heavy atom. The third kappa shape index (κ3) is 4.35. The van der Waals surface area contributed by atoms with E-state index in [9.17, 15) is 14.4 Å². The maximum absolute atomic E-state index is 11.3. The Kier molecular flexibility index (Phi) is 6.21. The van der Waals surface area contributed by atoms with E-state index in [0.717, 1.165) is 0 Å². The SMILES string of the molecule is COc1ccc(-c2cnoc2-c2cc(OC)c(OC)c(OC)c2)cc1OP(=O)(O)O. The fourth-order valence-electron chi connectivity index (χ4n) is 2.91. The highest BCUT2D eigenvalue weighted by atomic mass is 31.2. The average Bonchev–Trinajstić information content (AvgIpc) is 3.21. The zero-order chi connectivity index (χ0) is 21.9. The molecule has 2 aromatic carbocycles. The molecule has 0 aliphatic heterocycles. The summed E-state index contributed by atoms with van der Waals surface area (Å²) in [5.41, 5.74) is 1.66. The largest absolute Gasteiger partial charge is 0.524 e. The molecule has 1 heterocycles. The van der Waals surface area contributed by atoms with Crippen LogP contribution in [0.15, 0.2) is 41.1 Å². The number of phosphoric ester groups is 1. The molecule has 10 nitrogen and oxygen atoms in total. The normalized spacial score (nSPS) is 11.1. The summed E-state index contributed by atoms with van der Waals surface area (Å²) in [5.74, 6) is 1.69. The zero-order valence-corrected chi connectivity index (χ0v) is 17.5. The highest BCUT2D eigenvalue weighted by Gasteiger charge is 2.23. The molecule has 3 aromatic rings. The van der Waals surface area contributed by atoms with Crippen molar-refractivity contribution in [2.24, 2.45) is 0 Å². The first-order chi connectivity index (χ1) is 14.3. The Hall–Kier alpha value is -3.20. The predicted molar refractivity (Wildman–Crippen MR) is 106 cm³/mol. The van der Waals surface area contributed by atoms with Crippen molar-refractivity contribution in [1.29, 1.82) is 0 Å². The first kappa shape index (κ1) is 21.5. The highest BCUT2D eigenvalue weighted by Crippen LogP contribution is 2.46. The van der Waals surface area contributed by atoms with Crippen molar-refractivity contribution in [1.82, 2.24) is 5.16 Å². The third-order valence-electron chi connectivity index (χ3n) is 4.19. The fourth-order valence-corrected chi connectivity index (χ4v) is 3.31. The molecule has 1 aromatic heterocycles. The van der Waals surface area contributed by atoms with Crippen LogP contribution >= 0.6 is 7.82 Å². The first-order valence-corrected chi connectivity index (χ1v) is 10.0. The van der Waals surface area contributed by atoms with Gasteiger partial charge in [0.25, 0.3) is 0 Å². The van der Waals surface area contributed by atoms with Crippen molar-refractivity contribution < 1.29 is 42.3 Å². The van der Waals surface area contributed by atoms with E-state index in [1.165, 1.54) is 46.8 Å². The van der Waals surface area contributed by atoms with E-state index in [2.05, 4.69) is 5.16 Å². The van der Waals surface area contributed by atoms with Gasteiger partial charge in [-0.15, -0.1) is 0 Å². The number of benzene rings is 2. The Labute approximate surface area is 172 Å². The smallest absolute Gasteiger partial charge is 0.493 e. The molecule has 0 atom stereocenters. The lowest BCUT2D eigenvalue weighted by Gasteiger charge is -2.14. The standard InChI is InChI=1S/C19H20NO9P/c1-24-14-6-5-11(7-15(14)29-30(21,22)23)13-10-20-28-18(13)12-8-16(25-2)19(27-4)17(9-12)26-3/h5-10H,1-4H3,(H2,21,22,23). The molecular formula is C19H20NO9P. The van der Waals surface area contributed by atoms with Gasteiger partial charge in [0.1, 0.15) is 0 Å². The van der Waals surface area contributed by atoms with Crippen LogP contribution in [0.2, 0.25) is 0 Å². The van der Waals surface area contributed by atoms with Crippen LogP contribution in [0.4, 0.5) is 0 Å². The summed E-state index contributed by atoms with van der Waals surface area (Å²) >= 11 is 0. The second-order valence-corrected chi connectivity index (χ2v) is 7.09. The van der Waals surface area contributed by atoms with Crippen LogP contribution in [-0.2, 0) is 4.57 Å². The summed E-state index contributed by atoms with van der Waals surface area (Å²) in [6, 6.07) is 8.02. The molecule has 3 rings (SSSR count). The van der Waals surface area contributed by atoms with Crippen LogP contribution in [0.3, 0.4) is 0 Å². The van der Waals surface area contributed by atoms with Gasteiger partial charge < -0.3 is 28.0 Å². The molecule has 0 radical (unpaired) electrons. The molecule has 30 heavy (non-hydrogen) atoms. The number of nitrogens with zero attached hydrogens (tertiary/aromatic N) is 1. The molecule has 0 amide bonds. The second-order valence-electron chi connectivity index (χ2n) is 5.93. The summed E-state index contributed by atoms with van der Waals surface area (Å²) in [6.07, 6.45) is 1.47. The minimum Gasteiger partial charge on any atom is -0.493 e. The van der Waals surface area contributed by atoms with Crippen molar-refractivity contribution in [2.75, 3.05) is 28.4 Å². The van der Waals surface area contributed by atoms with E-state index < -0.39 is 7.82 Å². The molecule has 160 valence electrons. The monoisotopic (exact) mass is 437 g/mol. The summed E-state index contributed by atoms with van der Waals surface area (Å²) in [6.45, 7) is 0. The van der Waals surface area contributed by atoms with E-state index in [-0.39, 0.29) is 11.5 Å². The highest BCUT2D eigenvalue weighted by molar-refractivity contribution is 7.46. The number of hydrogen-bond donors (Lipinski definition) is 2. The number of phosphoric acid groups is 1. The van der Waals surface area contributed by atoms with E-state index in [4.69, 9.17) is 28.0 Å². The van der Waals surface area contributed by atoms with Gasteiger partial charge in [-0.1, -0.05) is 11.2 Å². The van der Waals surface area contributed by atoms with Gasteiger partial charge >= 0.3 is 7.82 Å². The van der Waals surface area contributed by atoms with E-state index in [0.29, 0.717) is 39.7 Å². The molecule has 0 saturated carbocycles. The maximum atomic E-state index is 11.3. The lowest BCUT2D eigenvalue weighted by Crippen LogP contribution is -1.96. The maximum Gasteiger partial charge on any atom is 0.524 e. The van der Waals surface area contributed by atoms with Gasteiger partial charge in [-0.05, 0) is 29.8 Å². The van der Waals surface area contributed by atoms with Gasteiger partial charge in [0.2, 0.25) is 5.75 Å². The predicted octanol–water partition coefficient (Wildman–Crippen LogP) is 3.51. The van der Waals surface area contributed by atoms with Gasteiger partial charge in [0.05, 0.1) is 34.6 Å². The summed E-state index contributed by atoms with van der Waals surface area (Å²) < 4.78 is 42.7. The Bertz CT molecular complexity index is 1060. The molecule has 11 heteroatoms. The molecule has 0 bridgehead atoms. The van der Waals surface area contributed by atoms with Crippen molar-refractivity contribution in [3.63, 3.8) is 0 Å². The lowest BCUT2D eigenvalue weighted by atomic mass is 10.0. The van der Waals surface area contributed by atoms with Gasteiger partial charge in [-0.3, -0.25) is 9.79 Å². The minimum atomic E-state index is -4.79. The topological polar surface area (TPSA) is 130 Å². The first-order valence-electron chi connectivity index (χ1n) is 8.50. The Balaban J connectivity index is 2.13. The number of hydrogen-bond acceptors (Lipinski definition) is 8.